The molecule has 0 aliphatic heterocycles. The molecule has 2 N–H and O–H groups in total. The zero-order valence-corrected chi connectivity index (χ0v) is 11.2. The highest BCUT2D eigenvalue weighted by Crippen LogP contribution is 2.16. The third-order valence-electron chi connectivity index (χ3n) is 2.10. The van der Waals surface area contributed by atoms with E-state index in [0.717, 1.165) is 10.8 Å². The first-order valence-electron chi connectivity index (χ1n) is 5.69. The van der Waals surface area contributed by atoms with Crippen molar-refractivity contribution in [3.8, 4) is 0 Å². The van der Waals surface area contributed by atoms with Crippen LogP contribution in [0.4, 0.5) is 5.13 Å². The van der Waals surface area contributed by atoms with E-state index in [1.54, 1.807) is 7.11 Å². The van der Waals surface area contributed by atoms with Gasteiger partial charge in [0.25, 0.3) is 0 Å². The van der Waals surface area contributed by atoms with Gasteiger partial charge in [-0.15, -0.1) is 11.3 Å². The molecule has 0 atom stereocenters. The maximum atomic E-state index is 10.4. The number of hydrogen-bond donors (Lipinski definition) is 2. The molecule has 0 bridgehead atoms. The quantitative estimate of drug-likeness (QED) is 0.625. The average Bonchev–Trinajstić information content (AvgIpc) is 2.79. The molecule has 1 aromatic heterocycles. The van der Waals surface area contributed by atoms with Crippen LogP contribution in [0.3, 0.4) is 0 Å². The Labute approximate surface area is 110 Å². The van der Waals surface area contributed by atoms with Gasteiger partial charge in [-0.05, 0) is 0 Å². The van der Waals surface area contributed by atoms with E-state index in [1.165, 1.54) is 11.3 Å². The van der Waals surface area contributed by atoms with Crippen LogP contribution in [0, 0.1) is 0 Å². The fraction of sp³-hybridized carbons (Fsp3) is 0.636. The molecule has 102 valence electrons. The number of carbonyl (C=O) groups is 1. The van der Waals surface area contributed by atoms with Gasteiger partial charge >= 0.3 is 5.97 Å². The lowest BCUT2D eigenvalue weighted by Gasteiger charge is -2.04. The number of aliphatic carboxylic acids is 1. The predicted octanol–water partition coefficient (Wildman–Crippen LogP) is 1.24. The number of nitrogens with one attached hydrogen (secondary N) is 1. The summed E-state index contributed by atoms with van der Waals surface area (Å²) >= 11 is 1.47. The number of anilines is 1. The van der Waals surface area contributed by atoms with Gasteiger partial charge in [0.05, 0.1) is 31.9 Å². The summed E-state index contributed by atoms with van der Waals surface area (Å²) in [4.78, 5) is 14.7. The maximum Gasteiger partial charge on any atom is 0.303 e. The van der Waals surface area contributed by atoms with Crippen molar-refractivity contribution in [3.63, 3.8) is 0 Å². The Bertz CT molecular complexity index is 357. The van der Waals surface area contributed by atoms with E-state index in [2.05, 4.69) is 10.3 Å². The lowest BCUT2D eigenvalue weighted by atomic mass is 10.2. The predicted molar refractivity (Wildman–Crippen MR) is 69.3 cm³/mol. The second-order valence-corrected chi connectivity index (χ2v) is 4.43. The summed E-state index contributed by atoms with van der Waals surface area (Å²) in [6.45, 7) is 2.44. The van der Waals surface area contributed by atoms with E-state index in [1.807, 2.05) is 5.38 Å². The van der Waals surface area contributed by atoms with Gasteiger partial charge in [-0.2, -0.15) is 0 Å². The van der Waals surface area contributed by atoms with Crippen LogP contribution in [0.5, 0.6) is 0 Å². The Morgan fingerprint density at radius 3 is 3.06 bits per heavy atom. The molecule has 0 aliphatic rings. The van der Waals surface area contributed by atoms with Gasteiger partial charge < -0.3 is 19.9 Å². The van der Waals surface area contributed by atoms with Crippen LogP contribution in [-0.2, 0) is 20.7 Å². The van der Waals surface area contributed by atoms with Crippen LogP contribution in [-0.4, -0.2) is 49.5 Å². The molecule has 0 unspecified atom stereocenters. The van der Waals surface area contributed by atoms with Crippen molar-refractivity contribution in [1.29, 1.82) is 0 Å². The highest BCUT2D eigenvalue weighted by molar-refractivity contribution is 7.13. The van der Waals surface area contributed by atoms with E-state index >= 15 is 0 Å². The van der Waals surface area contributed by atoms with Gasteiger partial charge in [-0.3, -0.25) is 4.79 Å². The third kappa shape index (κ3) is 6.53. The van der Waals surface area contributed by atoms with Crippen molar-refractivity contribution in [2.24, 2.45) is 0 Å². The van der Waals surface area contributed by atoms with E-state index < -0.39 is 5.97 Å². The van der Waals surface area contributed by atoms with Gasteiger partial charge in [-0.25, -0.2) is 4.98 Å². The zero-order valence-electron chi connectivity index (χ0n) is 10.3. The van der Waals surface area contributed by atoms with Gasteiger partial charge in [-0.1, -0.05) is 0 Å². The number of ether oxygens (including phenoxy) is 2. The molecule has 0 saturated heterocycles. The Balaban J connectivity index is 2.13. The standard InChI is InChI=1S/C11H18N2O4S/c1-16-6-7-17-5-4-12-11-13-9(8-18-11)2-3-10(14)15/h8H,2-7H2,1H3,(H,12,13)(H,14,15). The van der Waals surface area contributed by atoms with Crippen LogP contribution < -0.4 is 5.32 Å². The Morgan fingerprint density at radius 1 is 1.50 bits per heavy atom. The minimum absolute atomic E-state index is 0.114. The van der Waals surface area contributed by atoms with Crippen molar-refractivity contribution in [2.75, 3.05) is 38.8 Å². The fourth-order valence-electron chi connectivity index (χ4n) is 1.21. The number of aryl methyl sites for hydroxylation is 1. The number of nitrogens with zero attached hydrogens (tertiary/aromatic N) is 1. The molecule has 0 spiro atoms. The summed E-state index contributed by atoms with van der Waals surface area (Å²) in [6.07, 6.45) is 0.584. The van der Waals surface area contributed by atoms with E-state index in [4.69, 9.17) is 14.6 Å². The molecule has 6 nitrogen and oxygen atoms in total. The van der Waals surface area contributed by atoms with Crippen molar-refractivity contribution < 1.29 is 19.4 Å². The lowest BCUT2D eigenvalue weighted by molar-refractivity contribution is -0.136. The monoisotopic (exact) mass is 274 g/mol. The van der Waals surface area contributed by atoms with Crippen LogP contribution in [0.15, 0.2) is 5.38 Å². The first kappa shape index (κ1) is 14.9. The first-order chi connectivity index (χ1) is 8.72. The summed E-state index contributed by atoms with van der Waals surface area (Å²) < 4.78 is 10.1. The highest BCUT2D eigenvalue weighted by atomic mass is 32.1. The Morgan fingerprint density at radius 2 is 2.33 bits per heavy atom. The summed E-state index contributed by atoms with van der Waals surface area (Å²) in [7, 11) is 1.63. The molecule has 1 rings (SSSR count). The molecule has 7 heteroatoms. The molecule has 1 heterocycles. The summed E-state index contributed by atoms with van der Waals surface area (Å²) in [6, 6.07) is 0. The average molecular weight is 274 g/mol. The number of rotatable bonds is 10. The van der Waals surface area contributed by atoms with Crippen LogP contribution in [0.25, 0.3) is 0 Å². The second kappa shape index (κ2) is 8.84. The van der Waals surface area contributed by atoms with Gasteiger partial charge in [0.1, 0.15) is 0 Å². The van der Waals surface area contributed by atoms with Gasteiger partial charge in [0.15, 0.2) is 5.13 Å². The molecular formula is C11H18N2O4S. The summed E-state index contributed by atoms with van der Waals surface area (Å²) in [5.74, 6) is -0.802. The molecule has 0 saturated carbocycles. The number of carboxylic acid groups (broad SMARTS) is 1. The molecule has 0 aromatic carbocycles. The zero-order chi connectivity index (χ0) is 13.2. The molecule has 0 fully saturated rings. The molecule has 1 aromatic rings. The van der Waals surface area contributed by atoms with Crippen molar-refractivity contribution in [1.82, 2.24) is 4.98 Å². The van der Waals surface area contributed by atoms with Crippen molar-refractivity contribution in [2.45, 2.75) is 12.8 Å². The molecule has 0 aliphatic carbocycles. The smallest absolute Gasteiger partial charge is 0.303 e. The topological polar surface area (TPSA) is 80.7 Å². The Kier molecular flexibility index (Phi) is 7.31. The van der Waals surface area contributed by atoms with Crippen LogP contribution in [0.1, 0.15) is 12.1 Å². The van der Waals surface area contributed by atoms with Crippen LogP contribution in [0.2, 0.25) is 0 Å². The lowest BCUT2D eigenvalue weighted by Crippen LogP contribution is -2.11. The van der Waals surface area contributed by atoms with E-state index in [0.29, 0.717) is 32.8 Å². The fourth-order valence-corrected chi connectivity index (χ4v) is 1.99. The van der Waals surface area contributed by atoms with Crippen molar-refractivity contribution in [3.05, 3.63) is 11.1 Å². The Hall–Kier alpha value is -1.18. The van der Waals surface area contributed by atoms with Crippen LogP contribution >= 0.6 is 11.3 Å². The number of thiazole rings is 1. The van der Waals surface area contributed by atoms with E-state index in [9.17, 15) is 4.79 Å². The van der Waals surface area contributed by atoms with Gasteiger partial charge in [0.2, 0.25) is 0 Å². The maximum absolute atomic E-state index is 10.4. The number of methoxy groups -OCH3 is 1. The molecule has 0 amide bonds. The molecular weight excluding hydrogens is 256 g/mol. The minimum atomic E-state index is -0.802. The van der Waals surface area contributed by atoms with Crippen molar-refractivity contribution >= 4 is 22.4 Å². The number of hydrogen-bond acceptors (Lipinski definition) is 6. The number of carboxylic acids is 1. The minimum Gasteiger partial charge on any atom is -0.481 e. The number of aromatic nitrogens is 1. The third-order valence-corrected chi connectivity index (χ3v) is 2.95. The first-order valence-corrected chi connectivity index (χ1v) is 6.57. The molecule has 18 heavy (non-hydrogen) atoms. The highest BCUT2D eigenvalue weighted by Gasteiger charge is 2.04. The second-order valence-electron chi connectivity index (χ2n) is 3.57. The summed E-state index contributed by atoms with van der Waals surface area (Å²) in [5, 5.41) is 14.4. The van der Waals surface area contributed by atoms with Gasteiger partial charge in [0, 0.05) is 25.5 Å². The largest absolute Gasteiger partial charge is 0.481 e. The van der Waals surface area contributed by atoms with E-state index in [-0.39, 0.29) is 6.42 Å². The normalized spacial score (nSPS) is 10.5. The summed E-state index contributed by atoms with van der Waals surface area (Å²) in [5.41, 5.74) is 0.810. The molecule has 0 radical (unpaired) electrons. The SMILES string of the molecule is COCCOCCNc1nc(CCC(=O)O)cs1.